The van der Waals surface area contributed by atoms with Gasteiger partial charge in [-0.2, -0.15) is 0 Å². The molecular formula is C30H28N2O7. The Bertz CT molecular complexity index is 1600. The Labute approximate surface area is 224 Å². The van der Waals surface area contributed by atoms with Gasteiger partial charge in [0.2, 0.25) is 0 Å². The van der Waals surface area contributed by atoms with E-state index in [0.29, 0.717) is 29.0 Å². The van der Waals surface area contributed by atoms with Gasteiger partial charge in [0, 0.05) is 29.2 Å². The van der Waals surface area contributed by atoms with Gasteiger partial charge >= 0.3 is 0 Å². The van der Waals surface area contributed by atoms with Gasteiger partial charge in [-0.05, 0) is 60.0 Å². The molecule has 3 aromatic carbocycles. The summed E-state index contributed by atoms with van der Waals surface area (Å²) in [6.07, 6.45) is 2.31. The highest BCUT2D eigenvalue weighted by Crippen LogP contribution is 2.42. The number of phenols is 1. The summed E-state index contributed by atoms with van der Waals surface area (Å²) in [5.41, 5.74) is 2.66. The van der Waals surface area contributed by atoms with Gasteiger partial charge in [0.1, 0.15) is 17.3 Å². The van der Waals surface area contributed by atoms with Gasteiger partial charge in [0.25, 0.3) is 11.7 Å². The number of benzene rings is 3. The quantitative estimate of drug-likeness (QED) is 0.174. The molecule has 0 aliphatic carbocycles. The number of carbonyl (C=O) groups is 2. The van der Waals surface area contributed by atoms with Crippen LogP contribution in [0.15, 0.2) is 72.4 Å². The number of aliphatic hydroxyl groups is 1. The number of aromatic amines is 1. The maximum atomic E-state index is 13.4. The van der Waals surface area contributed by atoms with Gasteiger partial charge in [-0.25, -0.2) is 0 Å². The number of hydrogen-bond acceptors (Lipinski definition) is 7. The summed E-state index contributed by atoms with van der Waals surface area (Å²) in [5.74, 6) is -0.545. The fourth-order valence-electron chi connectivity index (χ4n) is 4.98. The number of hydrogen-bond donors (Lipinski definition) is 3. The third-order valence-corrected chi connectivity index (χ3v) is 7.00. The van der Waals surface area contributed by atoms with Crippen LogP contribution in [0.3, 0.4) is 0 Å². The molecule has 1 atom stereocenters. The minimum absolute atomic E-state index is 0.0541. The first-order chi connectivity index (χ1) is 18.9. The average Bonchev–Trinajstić information content (AvgIpc) is 3.48. The SMILES string of the molecule is COc1cccc(/C(O)=C2/C(=O)C(=O)N(CCc3c[nH]c4ccc(OC)cc34)C2c2ccc(O)c(OC)c2)c1. The van der Waals surface area contributed by atoms with Gasteiger partial charge in [0.15, 0.2) is 11.5 Å². The van der Waals surface area contributed by atoms with Crippen molar-refractivity contribution in [2.75, 3.05) is 27.9 Å². The van der Waals surface area contributed by atoms with Crippen LogP contribution in [0.25, 0.3) is 16.7 Å². The maximum absolute atomic E-state index is 13.4. The van der Waals surface area contributed by atoms with Crippen molar-refractivity contribution in [3.8, 4) is 23.0 Å². The zero-order valence-electron chi connectivity index (χ0n) is 21.7. The Hall–Kier alpha value is -4.92. The third kappa shape index (κ3) is 4.63. The molecule has 1 fully saturated rings. The largest absolute Gasteiger partial charge is 0.507 e. The number of rotatable bonds is 8. The van der Waals surface area contributed by atoms with Crippen molar-refractivity contribution in [2.45, 2.75) is 12.5 Å². The highest BCUT2D eigenvalue weighted by molar-refractivity contribution is 6.46. The lowest BCUT2D eigenvalue weighted by Gasteiger charge is -2.26. The molecule has 1 amide bonds. The molecule has 0 bridgehead atoms. The standard InChI is InChI=1S/C30H28N2O7/c1-37-20-6-4-5-18(13-20)28(34)26-27(17-7-10-24(33)25(14-17)39-3)32(30(36)29(26)35)12-11-19-16-31-23-9-8-21(38-2)15-22(19)23/h4-10,13-16,27,31,33-34H,11-12H2,1-3H3/b28-26-. The van der Waals surface area contributed by atoms with E-state index in [1.807, 2.05) is 24.4 Å². The van der Waals surface area contributed by atoms with Gasteiger partial charge in [-0.3, -0.25) is 9.59 Å². The molecule has 1 aliphatic rings. The molecule has 4 aromatic rings. The lowest BCUT2D eigenvalue weighted by atomic mass is 9.94. The predicted molar refractivity (Wildman–Crippen MR) is 145 cm³/mol. The van der Waals surface area contributed by atoms with Crippen molar-refractivity contribution >= 4 is 28.4 Å². The smallest absolute Gasteiger partial charge is 0.295 e. The molecular weight excluding hydrogens is 500 g/mol. The number of fused-ring (bicyclic) bond motifs is 1. The van der Waals surface area contributed by atoms with Crippen LogP contribution in [-0.2, 0) is 16.0 Å². The minimum atomic E-state index is -0.912. The number of aliphatic hydroxyl groups excluding tert-OH is 1. The fourth-order valence-corrected chi connectivity index (χ4v) is 4.98. The zero-order chi connectivity index (χ0) is 27.7. The molecule has 1 unspecified atom stereocenters. The van der Waals surface area contributed by atoms with E-state index in [4.69, 9.17) is 14.2 Å². The number of methoxy groups -OCH3 is 3. The number of amides is 1. The molecule has 1 aliphatic heterocycles. The zero-order valence-corrected chi connectivity index (χ0v) is 21.7. The summed E-state index contributed by atoms with van der Waals surface area (Å²) < 4.78 is 15.9. The van der Waals surface area contributed by atoms with Crippen LogP contribution >= 0.6 is 0 Å². The number of ketones is 1. The first-order valence-corrected chi connectivity index (χ1v) is 12.3. The molecule has 39 heavy (non-hydrogen) atoms. The molecule has 1 saturated heterocycles. The van der Waals surface area contributed by atoms with Crippen molar-refractivity contribution in [3.63, 3.8) is 0 Å². The number of nitrogens with zero attached hydrogens (tertiary/aromatic N) is 1. The summed E-state index contributed by atoms with van der Waals surface area (Å²) in [4.78, 5) is 31.5. The Morgan fingerprint density at radius 1 is 0.949 bits per heavy atom. The van der Waals surface area contributed by atoms with Crippen molar-refractivity contribution in [2.24, 2.45) is 0 Å². The summed E-state index contributed by atoms with van der Waals surface area (Å²) in [5, 5.41) is 22.5. The van der Waals surface area contributed by atoms with E-state index in [1.165, 1.54) is 25.2 Å². The van der Waals surface area contributed by atoms with E-state index in [9.17, 15) is 19.8 Å². The molecule has 200 valence electrons. The fraction of sp³-hybridized carbons (Fsp3) is 0.200. The van der Waals surface area contributed by atoms with Crippen LogP contribution in [0.1, 0.15) is 22.7 Å². The Morgan fingerprint density at radius 3 is 2.46 bits per heavy atom. The number of aromatic hydroxyl groups is 1. The van der Waals surface area contributed by atoms with E-state index < -0.39 is 17.7 Å². The lowest BCUT2D eigenvalue weighted by molar-refractivity contribution is -0.139. The van der Waals surface area contributed by atoms with Crippen molar-refractivity contribution in [1.82, 2.24) is 9.88 Å². The normalized spacial score (nSPS) is 16.6. The van der Waals surface area contributed by atoms with Crippen molar-refractivity contribution < 1.29 is 34.0 Å². The molecule has 9 nitrogen and oxygen atoms in total. The highest BCUT2D eigenvalue weighted by atomic mass is 16.5. The summed E-state index contributed by atoms with van der Waals surface area (Å²) in [6.45, 7) is 0.192. The first kappa shape index (κ1) is 25.7. The number of aromatic nitrogens is 1. The Balaban J connectivity index is 1.59. The first-order valence-electron chi connectivity index (χ1n) is 12.3. The number of phenolic OH excluding ortho intramolecular Hbond substituents is 1. The summed E-state index contributed by atoms with van der Waals surface area (Å²) in [6, 6.07) is 16.0. The average molecular weight is 529 g/mol. The Kier molecular flexibility index (Phi) is 6.89. The predicted octanol–water partition coefficient (Wildman–Crippen LogP) is 4.56. The summed E-state index contributed by atoms with van der Waals surface area (Å²) >= 11 is 0. The second kappa shape index (κ2) is 10.4. The van der Waals surface area contributed by atoms with E-state index in [-0.39, 0.29) is 29.4 Å². The second-order valence-electron chi connectivity index (χ2n) is 9.13. The van der Waals surface area contributed by atoms with E-state index in [0.717, 1.165) is 16.5 Å². The van der Waals surface area contributed by atoms with Crippen LogP contribution in [-0.4, -0.2) is 59.7 Å². The molecule has 9 heteroatoms. The van der Waals surface area contributed by atoms with E-state index >= 15 is 0 Å². The molecule has 2 heterocycles. The molecule has 1 aromatic heterocycles. The van der Waals surface area contributed by atoms with Crippen LogP contribution in [0, 0.1) is 0 Å². The number of likely N-dealkylation sites (tertiary alicyclic amines) is 1. The summed E-state index contributed by atoms with van der Waals surface area (Å²) in [7, 11) is 4.51. The molecule has 0 spiro atoms. The third-order valence-electron chi connectivity index (χ3n) is 7.00. The minimum Gasteiger partial charge on any atom is -0.507 e. The number of nitrogens with one attached hydrogen (secondary N) is 1. The molecule has 3 N–H and O–H groups in total. The maximum Gasteiger partial charge on any atom is 0.295 e. The number of carbonyl (C=O) groups excluding carboxylic acids is 2. The molecule has 5 rings (SSSR count). The van der Waals surface area contributed by atoms with Crippen LogP contribution in [0.5, 0.6) is 23.0 Å². The van der Waals surface area contributed by atoms with E-state index in [2.05, 4.69) is 4.98 Å². The highest BCUT2D eigenvalue weighted by Gasteiger charge is 2.46. The number of ether oxygens (including phenoxy) is 3. The van der Waals surface area contributed by atoms with Gasteiger partial charge in [-0.1, -0.05) is 18.2 Å². The molecule has 0 radical (unpaired) electrons. The molecule has 0 saturated carbocycles. The van der Waals surface area contributed by atoms with Crippen LogP contribution in [0.2, 0.25) is 0 Å². The van der Waals surface area contributed by atoms with Gasteiger partial charge in [-0.15, -0.1) is 0 Å². The Morgan fingerprint density at radius 2 is 1.72 bits per heavy atom. The topological polar surface area (TPSA) is 121 Å². The van der Waals surface area contributed by atoms with Crippen LogP contribution < -0.4 is 14.2 Å². The van der Waals surface area contributed by atoms with E-state index in [1.54, 1.807) is 43.5 Å². The number of H-pyrrole nitrogens is 1. The van der Waals surface area contributed by atoms with Gasteiger partial charge < -0.3 is 34.3 Å². The van der Waals surface area contributed by atoms with Crippen LogP contribution in [0.4, 0.5) is 0 Å². The monoisotopic (exact) mass is 528 g/mol. The number of Topliss-reactive ketones (excluding diaryl/α,β-unsaturated/α-hetero) is 1. The van der Waals surface area contributed by atoms with Crippen molar-refractivity contribution in [1.29, 1.82) is 0 Å². The second-order valence-corrected chi connectivity index (χ2v) is 9.13. The van der Waals surface area contributed by atoms with Gasteiger partial charge in [0.05, 0.1) is 32.9 Å². The van der Waals surface area contributed by atoms with Crippen molar-refractivity contribution in [3.05, 3.63) is 89.1 Å². The lowest BCUT2D eigenvalue weighted by Crippen LogP contribution is -2.31.